The lowest BCUT2D eigenvalue weighted by Crippen LogP contribution is -2.64. The van der Waals surface area contributed by atoms with Crippen molar-refractivity contribution in [3.05, 3.63) is 0 Å². The van der Waals surface area contributed by atoms with E-state index >= 15 is 0 Å². The monoisotopic (exact) mass is 344 g/mol. The van der Waals surface area contributed by atoms with E-state index in [0.29, 0.717) is 30.1 Å². The van der Waals surface area contributed by atoms with Crippen molar-refractivity contribution in [3.8, 4) is 0 Å². The molecule has 0 radical (unpaired) electrons. The van der Waals surface area contributed by atoms with Crippen LogP contribution in [0, 0.1) is 5.41 Å². The van der Waals surface area contributed by atoms with E-state index in [2.05, 4.69) is 51.3 Å². The molecule has 136 valence electrons. The fourth-order valence-electron chi connectivity index (χ4n) is 3.61. The predicted molar refractivity (Wildman–Crippen MR) is 97.6 cm³/mol. The van der Waals surface area contributed by atoms with Gasteiger partial charge in [-0.05, 0) is 59.8 Å². The summed E-state index contributed by atoms with van der Waals surface area (Å²) < 4.78 is 22.2. The van der Waals surface area contributed by atoms with Crippen molar-refractivity contribution >= 4 is 9.84 Å². The Hall–Kier alpha value is -0.130. The van der Waals surface area contributed by atoms with Crippen LogP contribution in [0.4, 0.5) is 0 Å². The topological polar surface area (TPSA) is 40.6 Å². The molecule has 0 amide bonds. The summed E-state index contributed by atoms with van der Waals surface area (Å²) >= 11 is 0. The highest BCUT2D eigenvalue weighted by atomic mass is 32.2. The van der Waals surface area contributed by atoms with Crippen LogP contribution in [0.5, 0.6) is 0 Å². The lowest BCUT2D eigenvalue weighted by atomic mass is 9.62. The number of hydrogen-bond acceptors (Lipinski definition) is 4. The van der Waals surface area contributed by atoms with E-state index in [0.717, 1.165) is 5.41 Å². The fourth-order valence-corrected chi connectivity index (χ4v) is 4.82. The molecule has 23 heavy (non-hydrogen) atoms. The van der Waals surface area contributed by atoms with Crippen LogP contribution in [0.2, 0.25) is 0 Å². The van der Waals surface area contributed by atoms with Gasteiger partial charge in [-0.1, -0.05) is 6.42 Å². The van der Waals surface area contributed by atoms with E-state index in [1.54, 1.807) is 0 Å². The second kappa shape index (κ2) is 6.30. The van der Waals surface area contributed by atoms with Crippen LogP contribution in [0.25, 0.3) is 0 Å². The Morgan fingerprint density at radius 1 is 0.783 bits per heavy atom. The van der Waals surface area contributed by atoms with Crippen LogP contribution in [0.3, 0.4) is 0 Å². The first-order valence-electron chi connectivity index (χ1n) is 9.04. The van der Waals surface area contributed by atoms with E-state index in [1.807, 2.05) is 0 Å². The molecule has 5 heteroatoms. The van der Waals surface area contributed by atoms with Gasteiger partial charge in [0.2, 0.25) is 0 Å². The lowest BCUT2D eigenvalue weighted by Gasteiger charge is -2.60. The zero-order valence-electron chi connectivity index (χ0n) is 16.0. The van der Waals surface area contributed by atoms with Crippen LogP contribution < -0.4 is 0 Å². The summed E-state index contributed by atoms with van der Waals surface area (Å²) in [5.41, 5.74) is 1.32. The molecule has 0 aromatic carbocycles. The van der Waals surface area contributed by atoms with E-state index in [4.69, 9.17) is 0 Å². The molecule has 0 aromatic heterocycles. The zero-order valence-corrected chi connectivity index (χ0v) is 16.8. The standard InChI is InChI=1S/C10H19N.C8H17NO2S/c1-9(2,3)11-7-10(8-11)5-4-6-10;1-8(2,3)9-4-6-12(10,11)7-5-9/h4-8H2,1-3H3;4-7H2,1-3H3. The van der Waals surface area contributed by atoms with E-state index in [1.165, 1.54) is 32.4 Å². The summed E-state index contributed by atoms with van der Waals surface area (Å²) in [5, 5.41) is 0. The molecule has 1 spiro atoms. The molecule has 4 nitrogen and oxygen atoms in total. The second-order valence-corrected chi connectivity index (χ2v) is 12.0. The number of rotatable bonds is 0. The van der Waals surface area contributed by atoms with Crippen molar-refractivity contribution in [2.75, 3.05) is 37.7 Å². The van der Waals surface area contributed by atoms with Crippen molar-refractivity contribution < 1.29 is 8.42 Å². The third kappa shape index (κ3) is 4.93. The summed E-state index contributed by atoms with van der Waals surface area (Å²) in [6.07, 6.45) is 4.48. The number of likely N-dealkylation sites (tertiary alicyclic amines) is 1. The maximum atomic E-state index is 11.1. The second-order valence-electron chi connectivity index (χ2n) is 9.69. The maximum absolute atomic E-state index is 11.1. The van der Waals surface area contributed by atoms with E-state index in [-0.39, 0.29) is 5.54 Å². The SMILES string of the molecule is CC(C)(C)N1CC2(CCC2)C1.CC(C)(C)N1CCS(=O)(=O)CC1. The fraction of sp³-hybridized carbons (Fsp3) is 1.00. The molecular weight excluding hydrogens is 308 g/mol. The summed E-state index contributed by atoms with van der Waals surface area (Å²) in [6.45, 7) is 17.4. The minimum Gasteiger partial charge on any atom is -0.297 e. The van der Waals surface area contributed by atoms with Gasteiger partial charge in [0, 0.05) is 37.3 Å². The Morgan fingerprint density at radius 2 is 1.22 bits per heavy atom. The van der Waals surface area contributed by atoms with Gasteiger partial charge in [0.1, 0.15) is 0 Å². The van der Waals surface area contributed by atoms with Crippen molar-refractivity contribution in [3.63, 3.8) is 0 Å². The van der Waals surface area contributed by atoms with Crippen molar-refractivity contribution in [2.45, 2.75) is 71.9 Å². The molecule has 0 bridgehead atoms. The minimum atomic E-state index is -2.72. The van der Waals surface area contributed by atoms with Gasteiger partial charge in [-0.2, -0.15) is 0 Å². The van der Waals surface area contributed by atoms with E-state index in [9.17, 15) is 8.42 Å². The number of sulfone groups is 1. The van der Waals surface area contributed by atoms with E-state index < -0.39 is 9.84 Å². The lowest BCUT2D eigenvalue weighted by molar-refractivity contribution is -0.104. The van der Waals surface area contributed by atoms with Gasteiger partial charge < -0.3 is 0 Å². The first-order chi connectivity index (χ1) is 10.3. The third-order valence-corrected chi connectivity index (χ3v) is 7.32. The molecule has 0 atom stereocenters. The van der Waals surface area contributed by atoms with Gasteiger partial charge >= 0.3 is 0 Å². The van der Waals surface area contributed by atoms with Gasteiger partial charge in [-0.3, -0.25) is 9.80 Å². The molecule has 2 heterocycles. The molecule has 1 aliphatic carbocycles. The summed E-state index contributed by atoms with van der Waals surface area (Å²) in [4.78, 5) is 4.82. The Morgan fingerprint density at radius 3 is 1.52 bits per heavy atom. The van der Waals surface area contributed by atoms with Crippen LogP contribution in [0.15, 0.2) is 0 Å². The van der Waals surface area contributed by atoms with Crippen LogP contribution >= 0.6 is 0 Å². The van der Waals surface area contributed by atoms with Gasteiger partial charge in [-0.25, -0.2) is 8.42 Å². The molecule has 0 unspecified atom stereocenters. The van der Waals surface area contributed by atoms with Crippen molar-refractivity contribution in [2.24, 2.45) is 5.41 Å². The Kier molecular flexibility index (Phi) is 5.26. The molecular formula is C18H36N2O2S. The summed E-state index contributed by atoms with van der Waals surface area (Å²) in [6, 6.07) is 0. The predicted octanol–water partition coefficient (Wildman–Crippen LogP) is 2.79. The first-order valence-corrected chi connectivity index (χ1v) is 10.9. The largest absolute Gasteiger partial charge is 0.297 e. The normalized spacial score (nSPS) is 27.6. The Bertz CT molecular complexity index is 488. The van der Waals surface area contributed by atoms with Crippen LogP contribution in [0.1, 0.15) is 60.8 Å². The maximum Gasteiger partial charge on any atom is 0.152 e. The highest BCUT2D eigenvalue weighted by molar-refractivity contribution is 7.91. The van der Waals surface area contributed by atoms with Crippen LogP contribution in [-0.2, 0) is 9.84 Å². The molecule has 3 fully saturated rings. The summed E-state index contributed by atoms with van der Waals surface area (Å²) in [5.74, 6) is 0.647. The van der Waals surface area contributed by atoms with Crippen LogP contribution in [-0.4, -0.2) is 67.0 Å². The average Bonchev–Trinajstić information content (AvgIpc) is 2.21. The Labute approximate surface area is 143 Å². The van der Waals surface area contributed by atoms with Gasteiger partial charge in [0.25, 0.3) is 0 Å². The number of hydrogen-bond donors (Lipinski definition) is 0. The third-order valence-electron chi connectivity index (χ3n) is 5.71. The first kappa shape index (κ1) is 19.2. The molecule has 3 aliphatic rings. The van der Waals surface area contributed by atoms with Gasteiger partial charge in [0.05, 0.1) is 11.5 Å². The van der Waals surface area contributed by atoms with Gasteiger partial charge in [-0.15, -0.1) is 0 Å². The smallest absolute Gasteiger partial charge is 0.152 e. The zero-order chi connectivity index (χ0) is 17.5. The molecule has 0 aromatic rings. The Balaban J connectivity index is 0.000000167. The molecule has 2 aliphatic heterocycles. The molecule has 2 saturated heterocycles. The van der Waals surface area contributed by atoms with Gasteiger partial charge in [0.15, 0.2) is 9.84 Å². The minimum absolute atomic E-state index is 0.107. The quantitative estimate of drug-likeness (QED) is 0.677. The van der Waals surface area contributed by atoms with Crippen molar-refractivity contribution in [1.29, 1.82) is 0 Å². The highest BCUT2D eigenvalue weighted by Crippen LogP contribution is 2.49. The molecule has 0 N–H and O–H groups in total. The number of nitrogens with zero attached hydrogens (tertiary/aromatic N) is 2. The molecule has 1 saturated carbocycles. The summed E-state index contributed by atoms with van der Waals surface area (Å²) in [7, 11) is -2.72. The average molecular weight is 345 g/mol. The highest BCUT2D eigenvalue weighted by Gasteiger charge is 2.49. The molecule has 3 rings (SSSR count). The van der Waals surface area contributed by atoms with Crippen molar-refractivity contribution in [1.82, 2.24) is 9.80 Å².